The molecule has 9 heteroatoms. The highest BCUT2D eigenvalue weighted by atomic mass is 19.1. The largest absolute Gasteiger partial charge is 0.493 e. The van der Waals surface area contributed by atoms with Crippen molar-refractivity contribution in [2.24, 2.45) is 0 Å². The molecule has 1 aliphatic heterocycles. The molecule has 42 heavy (non-hydrogen) atoms. The molecule has 0 radical (unpaired) electrons. The molecule has 1 fully saturated rings. The zero-order valence-corrected chi connectivity index (χ0v) is 23.2. The van der Waals surface area contributed by atoms with Gasteiger partial charge in [-0.25, -0.2) is 9.18 Å². The standard InChI is InChI=1S/C33H31FN2O6/c1-40-30-13-7-11-24(31(30)42-22-25-10-5-6-12-28(25)34)21-36(32(37)23-8-3-2-4-9-23)26-14-15-29(27(20-26)33(38)39)35-16-18-41-19-17-35/h2-15,20H,16-19,21-22H2,1H3,(H,38,39). The molecule has 4 aromatic carbocycles. The number of halogens is 1. The van der Waals surface area contributed by atoms with E-state index in [9.17, 15) is 19.1 Å². The molecule has 1 amide bonds. The number of rotatable bonds is 10. The minimum atomic E-state index is -1.10. The van der Waals surface area contributed by atoms with Gasteiger partial charge in [0.25, 0.3) is 5.91 Å². The Balaban J connectivity index is 1.54. The van der Waals surface area contributed by atoms with Crippen LogP contribution in [-0.4, -0.2) is 50.4 Å². The van der Waals surface area contributed by atoms with Crippen molar-refractivity contribution in [1.29, 1.82) is 0 Å². The van der Waals surface area contributed by atoms with Crippen LogP contribution < -0.4 is 19.3 Å². The summed E-state index contributed by atoms with van der Waals surface area (Å²) in [6, 6.07) is 25.4. The second kappa shape index (κ2) is 13.2. The number of carbonyl (C=O) groups excluding carboxylic acids is 1. The van der Waals surface area contributed by atoms with Gasteiger partial charge >= 0.3 is 5.97 Å². The average Bonchev–Trinajstić information content (AvgIpc) is 3.03. The topological polar surface area (TPSA) is 88.5 Å². The van der Waals surface area contributed by atoms with Crippen LogP contribution in [0.4, 0.5) is 15.8 Å². The molecule has 5 rings (SSSR count). The first-order valence-electron chi connectivity index (χ1n) is 13.6. The van der Waals surface area contributed by atoms with Gasteiger partial charge in [0.05, 0.1) is 38.1 Å². The fourth-order valence-electron chi connectivity index (χ4n) is 4.91. The lowest BCUT2D eigenvalue weighted by Gasteiger charge is -2.31. The van der Waals surface area contributed by atoms with E-state index in [4.69, 9.17) is 14.2 Å². The summed E-state index contributed by atoms with van der Waals surface area (Å²) in [4.78, 5) is 29.8. The predicted molar refractivity (Wildman–Crippen MR) is 157 cm³/mol. The van der Waals surface area contributed by atoms with Crippen molar-refractivity contribution < 1.29 is 33.3 Å². The highest BCUT2D eigenvalue weighted by Gasteiger charge is 2.25. The molecule has 216 valence electrons. The first-order valence-corrected chi connectivity index (χ1v) is 13.6. The van der Waals surface area contributed by atoms with Gasteiger partial charge in [0.1, 0.15) is 12.4 Å². The number of hydrogen-bond donors (Lipinski definition) is 1. The molecule has 0 spiro atoms. The number of carboxylic acid groups (broad SMARTS) is 1. The van der Waals surface area contributed by atoms with Crippen molar-refractivity contribution in [1.82, 2.24) is 0 Å². The van der Waals surface area contributed by atoms with Crippen molar-refractivity contribution >= 4 is 23.3 Å². The number of hydrogen-bond acceptors (Lipinski definition) is 6. The number of anilines is 2. The van der Waals surface area contributed by atoms with Crippen molar-refractivity contribution in [3.05, 3.63) is 119 Å². The quantitative estimate of drug-likeness (QED) is 0.258. The van der Waals surface area contributed by atoms with E-state index in [0.29, 0.717) is 65.9 Å². The van der Waals surface area contributed by atoms with Crippen molar-refractivity contribution in [3.63, 3.8) is 0 Å². The third-order valence-corrected chi connectivity index (χ3v) is 7.08. The Morgan fingerprint density at radius 1 is 0.929 bits per heavy atom. The van der Waals surface area contributed by atoms with E-state index in [1.165, 1.54) is 24.1 Å². The molecular weight excluding hydrogens is 539 g/mol. The molecule has 0 aromatic heterocycles. The molecule has 0 saturated carbocycles. The molecule has 0 aliphatic carbocycles. The fraction of sp³-hybridized carbons (Fsp3) is 0.212. The molecule has 4 aromatic rings. The van der Waals surface area contributed by atoms with E-state index >= 15 is 0 Å². The van der Waals surface area contributed by atoms with Crippen molar-refractivity contribution in [2.75, 3.05) is 43.2 Å². The molecule has 1 heterocycles. The summed E-state index contributed by atoms with van der Waals surface area (Å²) in [7, 11) is 1.51. The smallest absolute Gasteiger partial charge is 0.337 e. The van der Waals surface area contributed by atoms with E-state index in [0.717, 1.165) is 0 Å². The lowest BCUT2D eigenvalue weighted by molar-refractivity contribution is 0.0695. The molecule has 1 aliphatic rings. The van der Waals surface area contributed by atoms with Crippen LogP contribution in [0.15, 0.2) is 91.0 Å². The summed E-state index contributed by atoms with van der Waals surface area (Å²) >= 11 is 0. The van der Waals surface area contributed by atoms with Gasteiger partial charge in [0.2, 0.25) is 0 Å². The number of amides is 1. The molecule has 0 unspecified atom stereocenters. The number of para-hydroxylation sites is 1. The van der Waals surface area contributed by atoms with Crippen LogP contribution in [0.3, 0.4) is 0 Å². The van der Waals surface area contributed by atoms with Gasteiger partial charge in [-0.05, 0) is 42.5 Å². The predicted octanol–water partition coefficient (Wildman–Crippen LogP) is 5.80. The number of carbonyl (C=O) groups is 2. The van der Waals surface area contributed by atoms with Crippen molar-refractivity contribution in [3.8, 4) is 11.5 Å². The Labute approximate surface area is 243 Å². The Morgan fingerprint density at radius 2 is 1.64 bits per heavy atom. The molecule has 1 N–H and O–H groups in total. The fourth-order valence-corrected chi connectivity index (χ4v) is 4.91. The Kier molecular flexibility index (Phi) is 8.99. The first-order chi connectivity index (χ1) is 20.5. The van der Waals surface area contributed by atoms with Gasteiger partial charge < -0.3 is 29.1 Å². The molecule has 0 bridgehead atoms. The number of benzene rings is 4. The van der Waals surface area contributed by atoms with Gasteiger partial charge in [0.15, 0.2) is 11.5 Å². The maximum absolute atomic E-state index is 14.3. The highest BCUT2D eigenvalue weighted by Crippen LogP contribution is 2.35. The second-order valence-corrected chi connectivity index (χ2v) is 9.69. The number of carboxylic acids is 1. The first kappa shape index (κ1) is 28.6. The highest BCUT2D eigenvalue weighted by molar-refractivity contribution is 6.07. The van der Waals surface area contributed by atoms with Gasteiger partial charge in [-0.1, -0.05) is 48.5 Å². The molecule has 0 atom stereocenters. The molecular formula is C33H31FN2O6. The Morgan fingerprint density at radius 3 is 2.36 bits per heavy atom. The zero-order valence-electron chi connectivity index (χ0n) is 23.2. The minimum absolute atomic E-state index is 0.0352. The van der Waals surface area contributed by atoms with Crippen LogP contribution in [0.25, 0.3) is 0 Å². The van der Waals surface area contributed by atoms with Gasteiger partial charge in [0, 0.05) is 35.5 Å². The normalized spacial score (nSPS) is 13.0. The SMILES string of the molecule is COc1cccc(CN(C(=O)c2ccccc2)c2ccc(N3CCOCC3)c(C(=O)O)c2)c1OCc1ccccc1F. The minimum Gasteiger partial charge on any atom is -0.493 e. The van der Waals surface area contributed by atoms with Crippen LogP contribution in [0.1, 0.15) is 31.8 Å². The maximum atomic E-state index is 14.3. The van der Waals surface area contributed by atoms with Crippen LogP contribution in [-0.2, 0) is 17.9 Å². The summed E-state index contributed by atoms with van der Waals surface area (Å²) in [5, 5.41) is 10.1. The van der Waals surface area contributed by atoms with E-state index in [-0.39, 0.29) is 24.6 Å². The number of ether oxygens (including phenoxy) is 3. The van der Waals surface area contributed by atoms with Crippen LogP contribution in [0.5, 0.6) is 11.5 Å². The van der Waals surface area contributed by atoms with Gasteiger partial charge in [-0.15, -0.1) is 0 Å². The van der Waals surface area contributed by atoms with E-state index < -0.39 is 11.8 Å². The Hall–Kier alpha value is -4.89. The number of morpholine rings is 1. The van der Waals surface area contributed by atoms with Crippen molar-refractivity contribution in [2.45, 2.75) is 13.2 Å². The van der Waals surface area contributed by atoms with Crippen LogP contribution >= 0.6 is 0 Å². The van der Waals surface area contributed by atoms with E-state index in [2.05, 4.69) is 0 Å². The van der Waals surface area contributed by atoms with Gasteiger partial charge in [-0.2, -0.15) is 0 Å². The summed E-state index contributed by atoms with van der Waals surface area (Å²) < 4.78 is 31.4. The Bertz CT molecular complexity index is 1560. The summed E-state index contributed by atoms with van der Waals surface area (Å²) in [6.07, 6.45) is 0. The van der Waals surface area contributed by atoms with E-state index in [1.54, 1.807) is 72.8 Å². The number of methoxy groups -OCH3 is 1. The lowest BCUT2D eigenvalue weighted by atomic mass is 10.1. The molecule has 1 saturated heterocycles. The third-order valence-electron chi connectivity index (χ3n) is 7.08. The summed E-state index contributed by atoms with van der Waals surface area (Å²) in [5.41, 5.74) is 2.46. The second-order valence-electron chi connectivity index (χ2n) is 9.69. The maximum Gasteiger partial charge on any atom is 0.337 e. The average molecular weight is 571 g/mol. The number of nitrogens with zero attached hydrogens (tertiary/aromatic N) is 2. The number of aromatic carboxylic acids is 1. The van der Waals surface area contributed by atoms with Crippen LogP contribution in [0.2, 0.25) is 0 Å². The third kappa shape index (κ3) is 6.37. The summed E-state index contributed by atoms with van der Waals surface area (Å²) in [5.74, 6) is -1.03. The van der Waals surface area contributed by atoms with Crippen LogP contribution in [0, 0.1) is 5.82 Å². The monoisotopic (exact) mass is 570 g/mol. The molecule has 8 nitrogen and oxygen atoms in total. The summed E-state index contributed by atoms with van der Waals surface area (Å²) in [6.45, 7) is 2.13. The van der Waals surface area contributed by atoms with Gasteiger partial charge in [-0.3, -0.25) is 4.79 Å². The lowest BCUT2D eigenvalue weighted by Crippen LogP contribution is -2.37. The zero-order chi connectivity index (χ0) is 29.5. The van der Waals surface area contributed by atoms with E-state index in [1.807, 2.05) is 11.0 Å².